The number of anilines is 2. The highest BCUT2D eigenvalue weighted by Crippen LogP contribution is 2.33. The van der Waals surface area contributed by atoms with Gasteiger partial charge in [-0.2, -0.15) is 0 Å². The number of ether oxygens (including phenoxy) is 1. The van der Waals surface area contributed by atoms with Crippen LogP contribution in [-0.2, 0) is 9.59 Å². The molecule has 0 saturated carbocycles. The van der Waals surface area contributed by atoms with Crippen LogP contribution in [0.4, 0.5) is 11.4 Å². The number of fused-ring (bicyclic) bond motifs is 1. The fourth-order valence-electron chi connectivity index (χ4n) is 3.27. The number of carbonyl (C=O) groups is 2. The van der Waals surface area contributed by atoms with Crippen molar-refractivity contribution in [3.05, 3.63) is 84.2 Å². The van der Waals surface area contributed by atoms with E-state index in [1.165, 1.54) is 6.92 Å². The predicted molar refractivity (Wildman–Crippen MR) is 117 cm³/mol. The van der Waals surface area contributed by atoms with Crippen molar-refractivity contribution in [1.82, 2.24) is 4.98 Å². The van der Waals surface area contributed by atoms with Gasteiger partial charge in [-0.25, -0.2) is 0 Å². The van der Waals surface area contributed by atoms with E-state index in [1.54, 1.807) is 17.2 Å². The van der Waals surface area contributed by atoms with Crippen molar-refractivity contribution in [3.8, 4) is 5.75 Å². The summed E-state index contributed by atoms with van der Waals surface area (Å²) in [6, 6.07) is 20.4. The summed E-state index contributed by atoms with van der Waals surface area (Å²) in [6.07, 6.45) is 4.79. The minimum atomic E-state index is -0.795. The Morgan fingerprint density at radius 3 is 2.70 bits per heavy atom. The second-order valence-electron chi connectivity index (χ2n) is 6.91. The summed E-state index contributed by atoms with van der Waals surface area (Å²) in [6.45, 7) is 1.64. The summed E-state index contributed by atoms with van der Waals surface area (Å²) in [5.74, 6) is 0.0814. The summed E-state index contributed by atoms with van der Waals surface area (Å²) in [5.41, 5.74) is 3.11. The lowest BCUT2D eigenvalue weighted by atomic mass is 10.1. The van der Waals surface area contributed by atoms with Gasteiger partial charge in [0.25, 0.3) is 5.91 Å². The topological polar surface area (TPSA) is 71.5 Å². The van der Waals surface area contributed by atoms with Gasteiger partial charge >= 0.3 is 0 Å². The van der Waals surface area contributed by atoms with Crippen molar-refractivity contribution < 1.29 is 14.3 Å². The highest BCUT2D eigenvalue weighted by atomic mass is 16.5. The van der Waals surface area contributed by atoms with E-state index in [-0.39, 0.29) is 18.4 Å². The van der Waals surface area contributed by atoms with Crippen LogP contribution in [0.3, 0.4) is 0 Å². The number of nitrogens with zero attached hydrogens (tertiary/aromatic N) is 2. The Labute approximate surface area is 174 Å². The summed E-state index contributed by atoms with van der Waals surface area (Å²) in [7, 11) is 0. The summed E-state index contributed by atoms with van der Waals surface area (Å²) >= 11 is 0. The zero-order valence-electron chi connectivity index (χ0n) is 16.5. The summed E-state index contributed by atoms with van der Waals surface area (Å²) < 4.78 is 5.85. The Hall–Kier alpha value is -3.93. The van der Waals surface area contributed by atoms with Crippen LogP contribution in [0.1, 0.15) is 18.2 Å². The van der Waals surface area contributed by atoms with Crippen LogP contribution in [0.5, 0.6) is 5.75 Å². The Morgan fingerprint density at radius 1 is 1.07 bits per heavy atom. The molecule has 3 aromatic rings. The number of nitrogens with one attached hydrogen (secondary N) is 1. The molecular weight excluding hydrogens is 378 g/mol. The minimum absolute atomic E-state index is 0.134. The first-order valence-corrected chi connectivity index (χ1v) is 9.64. The number of pyridine rings is 1. The van der Waals surface area contributed by atoms with E-state index < -0.39 is 6.10 Å². The molecule has 6 heteroatoms. The fourth-order valence-corrected chi connectivity index (χ4v) is 3.27. The van der Waals surface area contributed by atoms with Crippen molar-refractivity contribution in [1.29, 1.82) is 0 Å². The molecule has 1 aliphatic rings. The minimum Gasteiger partial charge on any atom is -0.476 e. The Bertz CT molecular complexity index is 1100. The van der Waals surface area contributed by atoms with Crippen molar-refractivity contribution in [3.63, 3.8) is 0 Å². The van der Waals surface area contributed by atoms with Gasteiger partial charge in [-0.15, -0.1) is 0 Å². The van der Waals surface area contributed by atoms with Crippen molar-refractivity contribution >= 4 is 35.3 Å². The van der Waals surface area contributed by atoms with Gasteiger partial charge in [0.05, 0.1) is 17.9 Å². The normalized spacial score (nSPS) is 15.4. The van der Waals surface area contributed by atoms with E-state index in [9.17, 15) is 9.59 Å². The van der Waals surface area contributed by atoms with Gasteiger partial charge in [-0.3, -0.25) is 14.6 Å². The smallest absolute Gasteiger partial charge is 0.267 e. The third-order valence-electron chi connectivity index (χ3n) is 4.73. The first-order chi connectivity index (χ1) is 14.6. The first kappa shape index (κ1) is 19.4. The molecule has 1 N–H and O–H groups in total. The maximum absolute atomic E-state index is 12.8. The lowest BCUT2D eigenvalue weighted by Crippen LogP contribution is -2.48. The average molecular weight is 399 g/mol. The van der Waals surface area contributed by atoms with Crippen LogP contribution in [0.15, 0.2) is 72.9 Å². The van der Waals surface area contributed by atoms with Gasteiger partial charge in [0, 0.05) is 18.8 Å². The Morgan fingerprint density at radius 2 is 1.90 bits per heavy atom. The summed E-state index contributed by atoms with van der Waals surface area (Å²) in [4.78, 5) is 30.7. The molecule has 0 aliphatic carbocycles. The molecule has 4 rings (SSSR count). The van der Waals surface area contributed by atoms with Gasteiger partial charge in [-0.1, -0.05) is 36.4 Å². The van der Waals surface area contributed by atoms with E-state index >= 15 is 0 Å². The standard InChI is InChI=1S/C24H21N3O3/c1-17(28)27-16-23(30-22-11-3-2-10-21(22)27)24(29)26-20-9-6-7-18(15-20)12-13-19-8-4-5-14-25-19/h2-15,23H,16H2,1H3,(H,26,29)/b13-12+. The molecule has 0 bridgehead atoms. The number of rotatable bonds is 4. The van der Waals surface area contributed by atoms with Crippen LogP contribution in [0, 0.1) is 0 Å². The second-order valence-corrected chi connectivity index (χ2v) is 6.91. The molecule has 1 aromatic heterocycles. The maximum Gasteiger partial charge on any atom is 0.267 e. The molecule has 150 valence electrons. The molecule has 0 radical (unpaired) electrons. The van der Waals surface area contributed by atoms with Crippen LogP contribution >= 0.6 is 0 Å². The van der Waals surface area contributed by atoms with Crippen molar-refractivity contribution in [2.24, 2.45) is 0 Å². The van der Waals surface area contributed by atoms with E-state index in [0.717, 1.165) is 11.3 Å². The number of aromatic nitrogens is 1. The molecular formula is C24H21N3O3. The zero-order chi connectivity index (χ0) is 20.9. The van der Waals surface area contributed by atoms with Crippen LogP contribution in [-0.4, -0.2) is 29.4 Å². The number of hydrogen-bond donors (Lipinski definition) is 1. The highest BCUT2D eigenvalue weighted by Gasteiger charge is 2.32. The molecule has 2 amide bonds. The number of benzene rings is 2. The van der Waals surface area contributed by atoms with Crippen LogP contribution < -0.4 is 15.0 Å². The quantitative estimate of drug-likeness (QED) is 0.720. The van der Waals surface area contributed by atoms with Crippen LogP contribution in [0.2, 0.25) is 0 Å². The lowest BCUT2D eigenvalue weighted by Gasteiger charge is -2.33. The molecule has 0 fully saturated rings. The molecule has 0 saturated heterocycles. The number of carbonyl (C=O) groups excluding carboxylic acids is 2. The molecule has 1 atom stereocenters. The fraction of sp³-hybridized carbons (Fsp3) is 0.125. The largest absolute Gasteiger partial charge is 0.476 e. The number of hydrogen-bond acceptors (Lipinski definition) is 4. The Balaban J connectivity index is 1.48. The third kappa shape index (κ3) is 4.38. The van der Waals surface area contributed by atoms with Gasteiger partial charge in [0.1, 0.15) is 5.75 Å². The molecule has 1 unspecified atom stereocenters. The van der Waals surface area contributed by atoms with E-state index in [4.69, 9.17) is 4.74 Å². The van der Waals surface area contributed by atoms with Gasteiger partial charge < -0.3 is 15.0 Å². The zero-order valence-corrected chi connectivity index (χ0v) is 16.5. The predicted octanol–water partition coefficient (Wildman–Crippen LogP) is 4.00. The van der Waals surface area contributed by atoms with Gasteiger partial charge in [0.2, 0.25) is 5.91 Å². The average Bonchev–Trinajstić information content (AvgIpc) is 2.77. The molecule has 2 aromatic carbocycles. The highest BCUT2D eigenvalue weighted by molar-refractivity contribution is 5.99. The van der Waals surface area contributed by atoms with E-state index in [2.05, 4.69) is 10.3 Å². The SMILES string of the molecule is CC(=O)N1CC(C(=O)Nc2cccc(/C=C/c3ccccn3)c2)Oc2ccccc21. The third-order valence-corrected chi connectivity index (χ3v) is 4.73. The molecule has 1 aliphatic heterocycles. The van der Waals surface area contributed by atoms with Gasteiger partial charge in [0.15, 0.2) is 6.10 Å². The summed E-state index contributed by atoms with van der Waals surface area (Å²) in [5, 5.41) is 2.89. The van der Waals surface area contributed by atoms with Crippen LogP contribution in [0.25, 0.3) is 12.2 Å². The number of amides is 2. The van der Waals surface area contributed by atoms with Crippen molar-refractivity contribution in [2.75, 3.05) is 16.8 Å². The van der Waals surface area contributed by atoms with Crippen molar-refractivity contribution in [2.45, 2.75) is 13.0 Å². The molecule has 2 heterocycles. The Kier molecular flexibility index (Phi) is 5.57. The lowest BCUT2D eigenvalue weighted by molar-refractivity contribution is -0.123. The van der Waals surface area contributed by atoms with E-state index in [1.807, 2.05) is 72.8 Å². The molecule has 30 heavy (non-hydrogen) atoms. The van der Waals surface area contributed by atoms with Gasteiger partial charge in [-0.05, 0) is 48.0 Å². The molecule has 0 spiro atoms. The second kappa shape index (κ2) is 8.61. The number of para-hydroxylation sites is 2. The molecule has 6 nitrogen and oxygen atoms in total. The first-order valence-electron chi connectivity index (χ1n) is 9.64. The maximum atomic E-state index is 12.8. The van der Waals surface area contributed by atoms with E-state index in [0.29, 0.717) is 17.1 Å². The monoisotopic (exact) mass is 399 g/mol.